The van der Waals surface area contributed by atoms with Gasteiger partial charge < -0.3 is 15.4 Å². The number of nitrogens with zero attached hydrogens (tertiary/aromatic N) is 4. The van der Waals surface area contributed by atoms with E-state index in [1.54, 1.807) is 12.4 Å². The molecule has 1 aliphatic rings. The number of nitrogens with one attached hydrogen (secondary N) is 3. The van der Waals surface area contributed by atoms with Crippen molar-refractivity contribution in [2.45, 2.75) is 12.6 Å². The van der Waals surface area contributed by atoms with Gasteiger partial charge in [0.1, 0.15) is 24.1 Å². The monoisotopic (exact) mass is 389 g/mol. The van der Waals surface area contributed by atoms with Gasteiger partial charge in [-0.05, 0) is 24.3 Å². The van der Waals surface area contributed by atoms with E-state index in [2.05, 4.69) is 25.9 Å². The van der Waals surface area contributed by atoms with Crippen molar-refractivity contribution < 1.29 is 4.79 Å². The van der Waals surface area contributed by atoms with Crippen molar-refractivity contribution >= 4 is 29.6 Å². The Balaban J connectivity index is 1.73. The zero-order valence-electron chi connectivity index (χ0n) is 16.0. The average Bonchev–Trinajstić information content (AvgIpc) is 2.78. The Morgan fingerprint density at radius 3 is 2.69 bits per heavy atom. The smallest absolute Gasteiger partial charge is 0.234 e. The summed E-state index contributed by atoms with van der Waals surface area (Å²) in [4.78, 5) is 27.0. The zero-order chi connectivity index (χ0) is 19.9. The average molecular weight is 389 g/mol. The third-order valence-electron chi connectivity index (χ3n) is 4.63. The standard InChI is InChI=1S/C21H23N7O/c29-13-9-16-14-25-21(27-20(16)26-17-6-2-1-3-7-17)28(18-8-4-5-10-23-18)19-15-22-11-12-24-19/h1-8,10,13-14,19,22,24H,9,11-12,15H2,(H,25,26,27). The molecule has 1 aromatic carbocycles. The highest BCUT2D eigenvalue weighted by Crippen LogP contribution is 2.26. The van der Waals surface area contributed by atoms with E-state index in [1.165, 1.54) is 0 Å². The van der Waals surface area contributed by atoms with Gasteiger partial charge in [0, 0.05) is 49.7 Å². The molecule has 1 unspecified atom stereocenters. The lowest BCUT2D eigenvalue weighted by Crippen LogP contribution is -2.56. The number of anilines is 4. The van der Waals surface area contributed by atoms with Crippen LogP contribution >= 0.6 is 0 Å². The Bertz CT molecular complexity index is 930. The Labute approximate surface area is 169 Å². The normalized spacial score (nSPS) is 16.2. The highest BCUT2D eigenvalue weighted by molar-refractivity contribution is 5.67. The van der Waals surface area contributed by atoms with Crippen molar-refractivity contribution in [2.75, 3.05) is 29.9 Å². The SMILES string of the molecule is O=CCc1cnc(N(c2ccccn2)C2CNCCN2)nc1Nc1ccccc1. The van der Waals surface area contributed by atoms with Crippen LogP contribution in [0.5, 0.6) is 0 Å². The molecule has 1 fully saturated rings. The first-order valence-corrected chi connectivity index (χ1v) is 9.61. The topological polar surface area (TPSA) is 95.1 Å². The highest BCUT2D eigenvalue weighted by Gasteiger charge is 2.26. The molecule has 29 heavy (non-hydrogen) atoms. The molecule has 2 aromatic heterocycles. The summed E-state index contributed by atoms with van der Waals surface area (Å²) < 4.78 is 0. The summed E-state index contributed by atoms with van der Waals surface area (Å²) in [6.07, 6.45) is 4.51. The number of piperazine rings is 1. The van der Waals surface area contributed by atoms with Gasteiger partial charge in [-0.1, -0.05) is 24.3 Å². The summed E-state index contributed by atoms with van der Waals surface area (Å²) in [6.45, 7) is 2.48. The van der Waals surface area contributed by atoms with Crippen molar-refractivity contribution in [1.29, 1.82) is 0 Å². The van der Waals surface area contributed by atoms with Gasteiger partial charge in [0.15, 0.2) is 0 Å². The van der Waals surface area contributed by atoms with E-state index >= 15 is 0 Å². The second-order valence-electron chi connectivity index (χ2n) is 6.64. The predicted octanol–water partition coefficient (Wildman–Crippen LogP) is 2.01. The highest BCUT2D eigenvalue weighted by atomic mass is 16.1. The van der Waals surface area contributed by atoms with Gasteiger partial charge in [-0.2, -0.15) is 4.98 Å². The van der Waals surface area contributed by atoms with E-state index in [1.807, 2.05) is 53.4 Å². The minimum absolute atomic E-state index is 0.0415. The molecule has 4 rings (SSSR count). The lowest BCUT2D eigenvalue weighted by Gasteiger charge is -2.34. The maximum atomic E-state index is 11.1. The second kappa shape index (κ2) is 9.22. The van der Waals surface area contributed by atoms with Crippen LogP contribution in [0.3, 0.4) is 0 Å². The first-order chi connectivity index (χ1) is 14.3. The van der Waals surface area contributed by atoms with E-state index < -0.39 is 0 Å². The molecular weight excluding hydrogens is 366 g/mol. The number of pyridine rings is 1. The Hall–Kier alpha value is -3.36. The van der Waals surface area contributed by atoms with E-state index in [0.29, 0.717) is 11.8 Å². The summed E-state index contributed by atoms with van der Waals surface area (Å²) in [5.41, 5.74) is 1.63. The number of para-hydroxylation sites is 1. The molecule has 0 bridgehead atoms. The third-order valence-corrected chi connectivity index (χ3v) is 4.63. The molecule has 8 nitrogen and oxygen atoms in total. The van der Waals surface area contributed by atoms with Gasteiger partial charge in [-0.15, -0.1) is 0 Å². The van der Waals surface area contributed by atoms with Gasteiger partial charge in [0.25, 0.3) is 0 Å². The number of aldehydes is 1. The number of aromatic nitrogens is 3. The van der Waals surface area contributed by atoms with Crippen LogP contribution in [-0.4, -0.2) is 47.0 Å². The van der Waals surface area contributed by atoms with Crippen LogP contribution < -0.4 is 20.9 Å². The molecule has 148 valence electrons. The number of carbonyl (C=O) groups excluding carboxylic acids is 1. The van der Waals surface area contributed by atoms with Crippen LogP contribution in [0, 0.1) is 0 Å². The minimum Gasteiger partial charge on any atom is -0.340 e. The molecule has 1 aliphatic heterocycles. The van der Waals surface area contributed by atoms with E-state index in [9.17, 15) is 4.79 Å². The van der Waals surface area contributed by atoms with Gasteiger partial charge >= 0.3 is 0 Å². The lowest BCUT2D eigenvalue weighted by atomic mass is 10.2. The Kier molecular flexibility index (Phi) is 6.04. The summed E-state index contributed by atoms with van der Waals surface area (Å²) in [6, 6.07) is 15.5. The van der Waals surface area contributed by atoms with Crippen molar-refractivity contribution in [3.8, 4) is 0 Å². The molecule has 0 radical (unpaired) electrons. The number of benzene rings is 1. The van der Waals surface area contributed by atoms with Crippen molar-refractivity contribution in [2.24, 2.45) is 0 Å². The molecule has 8 heteroatoms. The Morgan fingerprint density at radius 1 is 1.10 bits per heavy atom. The number of rotatable bonds is 7. The van der Waals surface area contributed by atoms with Crippen LogP contribution in [-0.2, 0) is 11.2 Å². The fourth-order valence-electron chi connectivity index (χ4n) is 3.24. The van der Waals surface area contributed by atoms with E-state index in [4.69, 9.17) is 4.98 Å². The van der Waals surface area contributed by atoms with Crippen molar-refractivity contribution in [3.05, 3.63) is 66.5 Å². The molecule has 0 aliphatic carbocycles. The molecule has 0 saturated carbocycles. The first kappa shape index (κ1) is 19.0. The van der Waals surface area contributed by atoms with Crippen molar-refractivity contribution in [3.63, 3.8) is 0 Å². The maximum absolute atomic E-state index is 11.1. The first-order valence-electron chi connectivity index (χ1n) is 9.61. The molecule has 3 aromatic rings. The molecule has 1 saturated heterocycles. The minimum atomic E-state index is -0.0415. The third kappa shape index (κ3) is 4.56. The summed E-state index contributed by atoms with van der Waals surface area (Å²) in [5, 5.41) is 10.2. The molecule has 3 N–H and O–H groups in total. The number of hydrogen-bond acceptors (Lipinski definition) is 8. The van der Waals surface area contributed by atoms with Gasteiger partial charge in [0.2, 0.25) is 5.95 Å². The summed E-state index contributed by atoms with van der Waals surface area (Å²) in [5.74, 6) is 1.87. The van der Waals surface area contributed by atoms with Gasteiger partial charge in [-0.3, -0.25) is 10.2 Å². The van der Waals surface area contributed by atoms with E-state index in [-0.39, 0.29) is 12.6 Å². The second-order valence-corrected chi connectivity index (χ2v) is 6.64. The van der Waals surface area contributed by atoms with Gasteiger partial charge in [-0.25, -0.2) is 9.97 Å². The van der Waals surface area contributed by atoms with Crippen LogP contribution in [0.25, 0.3) is 0 Å². The zero-order valence-corrected chi connectivity index (χ0v) is 16.0. The van der Waals surface area contributed by atoms with Crippen LogP contribution in [0.15, 0.2) is 60.9 Å². The van der Waals surface area contributed by atoms with Gasteiger partial charge in [0.05, 0.1) is 0 Å². The molecule has 0 amide bonds. The summed E-state index contributed by atoms with van der Waals surface area (Å²) >= 11 is 0. The van der Waals surface area contributed by atoms with E-state index in [0.717, 1.165) is 43.0 Å². The summed E-state index contributed by atoms with van der Waals surface area (Å²) in [7, 11) is 0. The number of hydrogen-bond donors (Lipinski definition) is 3. The van der Waals surface area contributed by atoms with Crippen LogP contribution in [0.1, 0.15) is 5.56 Å². The van der Waals surface area contributed by atoms with Crippen LogP contribution in [0.2, 0.25) is 0 Å². The molecule has 1 atom stereocenters. The predicted molar refractivity (Wildman–Crippen MR) is 113 cm³/mol. The lowest BCUT2D eigenvalue weighted by molar-refractivity contribution is -0.107. The number of carbonyl (C=O) groups is 1. The van der Waals surface area contributed by atoms with Crippen LogP contribution in [0.4, 0.5) is 23.3 Å². The fraction of sp³-hybridized carbons (Fsp3) is 0.238. The maximum Gasteiger partial charge on any atom is 0.234 e. The molecular formula is C21H23N7O. The quantitative estimate of drug-likeness (QED) is 0.528. The largest absolute Gasteiger partial charge is 0.340 e. The van der Waals surface area contributed by atoms with Crippen molar-refractivity contribution in [1.82, 2.24) is 25.6 Å². The molecule has 0 spiro atoms. The fourth-order valence-corrected chi connectivity index (χ4v) is 3.24. The Morgan fingerprint density at radius 2 is 1.97 bits per heavy atom. The molecule has 3 heterocycles.